The maximum absolute atomic E-state index is 7.37. The van der Waals surface area contributed by atoms with Gasteiger partial charge in [-0.25, -0.2) is 0 Å². The first-order chi connectivity index (χ1) is 38.9. The average Bonchev–Trinajstić information content (AvgIpc) is 3.86. The Morgan fingerprint density at radius 2 is 0.625 bits per heavy atom. The van der Waals surface area contributed by atoms with Gasteiger partial charge in [0, 0.05) is 0 Å². The van der Waals surface area contributed by atoms with Crippen molar-refractivity contribution in [3.05, 3.63) is 252 Å². The summed E-state index contributed by atoms with van der Waals surface area (Å²) in [5, 5.41) is 0. The summed E-state index contributed by atoms with van der Waals surface area (Å²) < 4.78 is 9.81. The molecule has 16 bridgehead atoms. The summed E-state index contributed by atoms with van der Waals surface area (Å²) >= 11 is -1.26. The number of anilines is 8. The van der Waals surface area contributed by atoms with Gasteiger partial charge in [0.1, 0.15) is 0 Å². The van der Waals surface area contributed by atoms with Crippen molar-refractivity contribution in [3.63, 3.8) is 0 Å². The van der Waals surface area contributed by atoms with Crippen LogP contribution in [0.4, 0.5) is 45.5 Å². The van der Waals surface area contributed by atoms with Crippen LogP contribution < -0.4 is 24.3 Å². The molecule has 9 heterocycles. The van der Waals surface area contributed by atoms with E-state index >= 15 is 0 Å². The third kappa shape index (κ3) is 8.23. The van der Waals surface area contributed by atoms with Crippen LogP contribution in [0.1, 0.15) is 74.9 Å². The second-order valence-electron chi connectivity index (χ2n) is 24.1. The molecule has 0 saturated heterocycles. The van der Waals surface area contributed by atoms with E-state index in [1.54, 1.807) is 0 Å². The molecule has 5 nitrogen and oxygen atoms in total. The molecule has 0 saturated carbocycles. The fourth-order valence-electron chi connectivity index (χ4n) is 12.4. The van der Waals surface area contributed by atoms with Crippen LogP contribution in [0.15, 0.2) is 218 Å². The zero-order chi connectivity index (χ0) is 54.0. The molecule has 19 rings (SSSR count). The first kappa shape index (κ1) is 48.7. The molecule has 6 heteroatoms. The van der Waals surface area contributed by atoms with E-state index in [-0.39, 0.29) is 10.8 Å². The van der Waals surface area contributed by atoms with Crippen LogP contribution in [-0.4, -0.2) is 8.29 Å². The molecule has 0 unspecified atom stereocenters. The molecule has 0 aromatic heterocycles. The van der Waals surface area contributed by atoms with Gasteiger partial charge in [-0.1, -0.05) is 0 Å². The predicted molar refractivity (Wildman–Crippen MR) is 331 cm³/mol. The summed E-state index contributed by atoms with van der Waals surface area (Å²) in [4.78, 5) is 10.6. The third-order valence-electron chi connectivity index (χ3n) is 16.8. The average molecular weight is 1220 g/mol. The molecule has 10 aromatic rings. The first-order valence-corrected chi connectivity index (χ1v) is 30.5. The monoisotopic (exact) mass is 1220 g/mol. The summed E-state index contributed by atoms with van der Waals surface area (Å²) in [5.74, 6) is 1.63. The molecule has 0 spiro atoms. The maximum atomic E-state index is 7.37. The Balaban J connectivity index is 1.18. The van der Waals surface area contributed by atoms with Crippen LogP contribution in [0.2, 0.25) is 0 Å². The molecule has 9 aliphatic heterocycles. The first-order valence-electron chi connectivity index (χ1n) is 28.2. The van der Waals surface area contributed by atoms with Crippen molar-refractivity contribution in [2.24, 2.45) is 0 Å². The van der Waals surface area contributed by atoms with Crippen molar-refractivity contribution in [1.82, 2.24) is 0 Å². The van der Waals surface area contributed by atoms with Gasteiger partial charge in [0.15, 0.2) is 0 Å². The zero-order valence-corrected chi connectivity index (χ0v) is 48.4. The van der Waals surface area contributed by atoms with Crippen molar-refractivity contribution in [2.75, 3.05) is 19.6 Å². The van der Waals surface area contributed by atoms with Crippen LogP contribution in [-0.2, 0) is 54.2 Å². The molecule has 0 atom stereocenters. The number of benzene rings is 10. The van der Waals surface area contributed by atoms with Gasteiger partial charge >= 0.3 is 482 Å². The molecule has 0 radical (unpaired) electrons. The minimum absolute atomic E-state index is 0.190. The van der Waals surface area contributed by atoms with Gasteiger partial charge in [0.25, 0.3) is 0 Å². The van der Waals surface area contributed by atoms with E-state index in [2.05, 4.69) is 280 Å². The number of hydrogen-bond donors (Lipinski definition) is 0. The van der Waals surface area contributed by atoms with Crippen molar-refractivity contribution in [3.8, 4) is 56.0 Å². The Morgan fingerprint density at radius 3 is 0.925 bits per heavy atom. The van der Waals surface area contributed by atoms with Gasteiger partial charge < -0.3 is 0 Å². The van der Waals surface area contributed by atoms with Gasteiger partial charge in [-0.2, -0.15) is 0 Å². The number of ether oxygens (including phenoxy) is 1. The molecule has 0 amide bonds. The van der Waals surface area contributed by atoms with Crippen LogP contribution in [0.3, 0.4) is 0 Å². The number of fused-ring (bicyclic) bond motifs is 14. The predicted octanol–water partition coefficient (Wildman–Crippen LogP) is 18.8. The molecule has 10 aromatic carbocycles. The molecule has 0 aliphatic carbocycles. The number of hydrogen-bond acceptors (Lipinski definition) is 5. The van der Waals surface area contributed by atoms with E-state index in [0.29, 0.717) is 0 Å². The van der Waals surface area contributed by atoms with Gasteiger partial charge in [0.05, 0.1) is 0 Å². The van der Waals surface area contributed by atoms with Gasteiger partial charge in [0.2, 0.25) is 0 Å². The minimum atomic E-state index is -1.26. The third-order valence-corrected chi connectivity index (χ3v) is 19.9. The van der Waals surface area contributed by atoms with E-state index in [0.717, 1.165) is 71.3 Å². The van der Waals surface area contributed by atoms with Crippen molar-refractivity contribution in [1.29, 1.82) is 0 Å². The summed E-state index contributed by atoms with van der Waals surface area (Å²) in [6.07, 6.45) is 3.79. The topological polar surface area (TPSA) is 22.2 Å². The zero-order valence-electron chi connectivity index (χ0n) is 46.1. The molecule has 80 heavy (non-hydrogen) atoms. The second kappa shape index (κ2) is 18.6. The van der Waals surface area contributed by atoms with Gasteiger partial charge in [-0.05, 0) is 0 Å². The van der Waals surface area contributed by atoms with E-state index in [4.69, 9.17) is 4.74 Å². The van der Waals surface area contributed by atoms with E-state index in [9.17, 15) is 0 Å². The Labute approximate surface area is 478 Å². The van der Waals surface area contributed by atoms with Crippen LogP contribution in [0, 0.1) is 0 Å². The summed E-state index contributed by atoms with van der Waals surface area (Å²) in [6, 6.07) is 84.0. The molecular formula is C74H62N4OPt. The van der Waals surface area contributed by atoms with Crippen LogP contribution >= 0.6 is 0 Å². The van der Waals surface area contributed by atoms with Crippen molar-refractivity contribution < 1.29 is 22.4 Å². The standard InChI is InChI=1S/C74H62N4O.Pt/c1-73(2,3)57-41-59-45-61(43-57)79-62-44-58(74(4,5)6)42-60(46-62)76-48-78(70-20-10-8-18-68(70)76)72-65-15-12-16-66(72)56-39-31-52(32-40-56)24-22-50-27-35-54(36-28-50)64-14-11-13-63(71(64)77-47-75(59)67-17-7-9-19-69(67)77)53-33-25-49(26-34-53)21-23-51-29-37-55(65)38-30-51;/h7-20,25-46H,21-24H2,1-6H3;. The summed E-state index contributed by atoms with van der Waals surface area (Å²) in [6.45, 7) is 13.9. The van der Waals surface area contributed by atoms with Crippen LogP contribution in [0.25, 0.3) is 44.5 Å². The van der Waals surface area contributed by atoms with E-state index < -0.39 is 17.6 Å². The van der Waals surface area contributed by atoms with E-state index in [1.165, 1.54) is 97.6 Å². The van der Waals surface area contributed by atoms with E-state index in [1.807, 2.05) is 0 Å². The molecule has 394 valence electrons. The second-order valence-corrected chi connectivity index (χ2v) is 26.7. The normalized spacial score (nSPS) is 14.9. The molecule has 9 aliphatic rings. The summed E-state index contributed by atoms with van der Waals surface area (Å²) in [7, 11) is 0. The SMILES string of the molecule is CC(C)(C)c1cc2cc(c1)N1[C]3=[Pt]=[C]4N(c5cc(cc(C(C)(C)C)c5)O2)c2ccccc2N4c2c4cccc2-c2ccc(cc2)CCc2ccc(cc2)-c2cccc(c2N3c2ccccc21)-c1ccc(cc1)CCc1ccc-4cc1. The number of para-hydroxylation sites is 6. The number of aryl methyl sites for hydroxylation is 4. The molecule has 0 N–H and O–H groups in total. The van der Waals surface area contributed by atoms with Crippen molar-refractivity contribution in [2.45, 2.75) is 78.1 Å². The number of nitrogens with zero attached hydrogens (tertiary/aromatic N) is 4. The Hall–Kier alpha value is -8.37. The fraction of sp³-hybridized carbons (Fsp3) is 0.162. The molecular weight excluding hydrogens is 1160 g/mol. The Bertz CT molecular complexity index is 3810. The summed E-state index contributed by atoms with van der Waals surface area (Å²) in [5.41, 5.74) is 25.9. The Kier molecular flexibility index (Phi) is 11.3. The number of rotatable bonds is 0. The molecule has 0 fully saturated rings. The van der Waals surface area contributed by atoms with Crippen LogP contribution in [0.5, 0.6) is 11.5 Å². The fourth-order valence-corrected chi connectivity index (χ4v) is 16.0. The Morgan fingerprint density at radius 1 is 0.325 bits per heavy atom. The quantitative estimate of drug-likeness (QED) is 0.150. The van der Waals surface area contributed by atoms with Gasteiger partial charge in [-0.3, -0.25) is 0 Å². The van der Waals surface area contributed by atoms with Gasteiger partial charge in [-0.15, -0.1) is 0 Å². The van der Waals surface area contributed by atoms with Crippen molar-refractivity contribution >= 4 is 53.8 Å².